The van der Waals surface area contributed by atoms with Gasteiger partial charge in [-0.2, -0.15) is 0 Å². The summed E-state index contributed by atoms with van der Waals surface area (Å²) in [7, 11) is -9.47. The molecule has 5 heterocycles. The Morgan fingerprint density at radius 1 is 0.682 bits per heavy atom. The SMILES string of the molecule is CC(O)C(O)C(O)C1OP(=O)(O)OC1COC1OC(CO)C(OC2OC(COC3OC(CO)C(O)C(O)C3O[C@@H]3C[C@@H](O)C(O)C(COP(=O)(O)OCCN)O3)C(O)C(O)C2O)C(O)C1N. The Morgan fingerprint density at radius 3 is 1.91 bits per heavy atom. The molecule has 388 valence electrons. The first-order valence-corrected chi connectivity index (χ1v) is 23.6. The van der Waals surface area contributed by atoms with Crippen molar-refractivity contribution in [2.75, 3.05) is 46.2 Å². The summed E-state index contributed by atoms with van der Waals surface area (Å²) < 4.78 is 89.0. The number of rotatable bonds is 21. The summed E-state index contributed by atoms with van der Waals surface area (Å²) in [5.74, 6) is 0. The fourth-order valence-corrected chi connectivity index (χ4v) is 9.38. The van der Waals surface area contributed by atoms with Crippen molar-refractivity contribution in [2.24, 2.45) is 11.5 Å². The molecule has 0 aromatic rings. The monoisotopic (exact) mass is 1010 g/mol. The minimum absolute atomic E-state index is 0.128. The summed E-state index contributed by atoms with van der Waals surface area (Å²) in [6.45, 7) is -3.51. The molecule has 0 bridgehead atoms. The Labute approximate surface area is 374 Å². The molecule has 0 radical (unpaired) electrons. The number of nitrogens with two attached hydrogens (primary N) is 2. The van der Waals surface area contributed by atoms with Gasteiger partial charge in [0.2, 0.25) is 0 Å². The number of phosphoric ester groups is 2. The van der Waals surface area contributed by atoms with Crippen LogP contribution in [0.1, 0.15) is 13.3 Å². The third-order valence-electron chi connectivity index (χ3n) is 11.2. The van der Waals surface area contributed by atoms with Crippen LogP contribution in [0.15, 0.2) is 0 Å². The maximum atomic E-state index is 12.2. The predicted molar refractivity (Wildman–Crippen MR) is 205 cm³/mol. The van der Waals surface area contributed by atoms with Gasteiger partial charge in [0.05, 0.1) is 57.9 Å². The van der Waals surface area contributed by atoms with E-state index in [0.717, 1.165) is 6.92 Å². The zero-order valence-electron chi connectivity index (χ0n) is 35.0. The molecule has 5 aliphatic rings. The fraction of sp³-hybridized carbons (Fsp3) is 1.00. The molecule has 26 atom stereocenters. The highest BCUT2D eigenvalue weighted by atomic mass is 31.2. The standard InChI is InChI=1S/C33H62N2O29P2/c1-10(38)19(40)25(46)29-16(63-66(51,52)64-29)8-53-31-18(35)23(44)28(13(6-37)59-31)62-32-27(48)24(45)22(43)14(60-32)7-54-33-30(26(47)21(42)12(5-36)58-33)61-17-4-11(39)20(41)15(57-17)9-56-65(49,50)55-3-2-34/h10-33,36-48H,2-9,34-35H2,1H3,(H,49,50)(H,51,52)/t10?,11-,12?,13?,14?,15?,16?,17-,18?,19?,20?,21?,22?,23?,24?,25?,26?,27?,28?,29?,30?,31?,32?,33?/m1/s1. The lowest BCUT2D eigenvalue weighted by Crippen LogP contribution is -2.66. The number of hydrogen-bond donors (Lipinski definition) is 17. The number of ether oxygens (including phenoxy) is 8. The van der Waals surface area contributed by atoms with Crippen molar-refractivity contribution >= 4 is 15.6 Å². The van der Waals surface area contributed by atoms with Gasteiger partial charge in [0.15, 0.2) is 25.2 Å². The molecule has 33 heteroatoms. The molecule has 0 aliphatic carbocycles. The Balaban J connectivity index is 1.23. The van der Waals surface area contributed by atoms with Crippen LogP contribution in [0.2, 0.25) is 0 Å². The lowest BCUT2D eigenvalue weighted by Gasteiger charge is -2.47. The maximum Gasteiger partial charge on any atom is 0.473 e. The van der Waals surface area contributed by atoms with Gasteiger partial charge >= 0.3 is 15.6 Å². The van der Waals surface area contributed by atoms with E-state index in [1.807, 2.05) is 0 Å². The minimum atomic E-state index is -4.78. The Kier molecular flexibility index (Phi) is 20.6. The second-order valence-electron chi connectivity index (χ2n) is 16.1. The summed E-state index contributed by atoms with van der Waals surface area (Å²) in [4.78, 5) is 19.7. The highest BCUT2D eigenvalue weighted by Crippen LogP contribution is 2.54. The van der Waals surface area contributed by atoms with Gasteiger partial charge < -0.3 is 126 Å². The van der Waals surface area contributed by atoms with E-state index in [1.165, 1.54) is 0 Å². The molecule has 0 amide bonds. The zero-order valence-corrected chi connectivity index (χ0v) is 36.8. The second kappa shape index (κ2) is 24.1. The molecule has 24 unspecified atom stereocenters. The number of hydrogen-bond acceptors (Lipinski definition) is 29. The van der Waals surface area contributed by atoms with Gasteiger partial charge in [0.25, 0.3) is 0 Å². The highest BCUT2D eigenvalue weighted by molar-refractivity contribution is 7.47. The van der Waals surface area contributed by atoms with Crippen LogP contribution in [0.4, 0.5) is 0 Å². The molecule has 66 heavy (non-hydrogen) atoms. The van der Waals surface area contributed by atoms with Crippen LogP contribution in [-0.2, 0) is 65.1 Å². The van der Waals surface area contributed by atoms with E-state index in [9.17, 15) is 85.3 Å². The van der Waals surface area contributed by atoms with Crippen molar-refractivity contribution in [1.29, 1.82) is 0 Å². The summed E-state index contributed by atoms with van der Waals surface area (Å²) in [6, 6.07) is -1.57. The first-order valence-electron chi connectivity index (χ1n) is 20.6. The summed E-state index contributed by atoms with van der Waals surface area (Å²) >= 11 is 0. The third-order valence-corrected chi connectivity index (χ3v) is 13.3. The molecule has 0 aromatic heterocycles. The first kappa shape index (κ1) is 56.2. The van der Waals surface area contributed by atoms with Crippen LogP contribution in [0.25, 0.3) is 0 Å². The smallest absolute Gasteiger partial charge is 0.394 e. The van der Waals surface area contributed by atoms with E-state index in [4.69, 9.17) is 62.9 Å². The van der Waals surface area contributed by atoms with E-state index in [2.05, 4.69) is 4.52 Å². The first-order chi connectivity index (χ1) is 30.9. The van der Waals surface area contributed by atoms with E-state index in [1.54, 1.807) is 0 Å². The number of phosphoric acid groups is 2. The molecule has 0 aromatic carbocycles. The van der Waals surface area contributed by atoms with Gasteiger partial charge in [0.1, 0.15) is 104 Å². The molecule has 5 saturated heterocycles. The lowest BCUT2D eigenvalue weighted by atomic mass is 9.96. The van der Waals surface area contributed by atoms with Gasteiger partial charge in [-0.1, -0.05) is 0 Å². The molecular formula is C33H62N2O29P2. The van der Waals surface area contributed by atoms with E-state index in [0.29, 0.717) is 0 Å². The molecular weight excluding hydrogens is 950 g/mol. The van der Waals surface area contributed by atoms with Gasteiger partial charge in [-0.3, -0.25) is 18.1 Å². The highest BCUT2D eigenvalue weighted by Gasteiger charge is 2.54. The molecule has 5 fully saturated rings. The largest absolute Gasteiger partial charge is 0.473 e. The van der Waals surface area contributed by atoms with Crippen LogP contribution in [0, 0.1) is 0 Å². The van der Waals surface area contributed by atoms with Crippen molar-refractivity contribution in [3.8, 4) is 0 Å². The Hall–Kier alpha value is -0.700. The Morgan fingerprint density at radius 2 is 1.27 bits per heavy atom. The molecule has 31 nitrogen and oxygen atoms in total. The number of aliphatic hydroxyl groups excluding tert-OH is 13. The third kappa shape index (κ3) is 13.6. The van der Waals surface area contributed by atoms with Crippen molar-refractivity contribution in [3.63, 3.8) is 0 Å². The van der Waals surface area contributed by atoms with Crippen LogP contribution in [0.5, 0.6) is 0 Å². The van der Waals surface area contributed by atoms with Gasteiger partial charge in [-0.05, 0) is 6.92 Å². The number of aliphatic hydroxyl groups is 13. The van der Waals surface area contributed by atoms with E-state index < -0.39 is 202 Å². The van der Waals surface area contributed by atoms with Gasteiger partial charge in [-0.25, -0.2) is 9.13 Å². The molecule has 0 saturated carbocycles. The maximum absolute atomic E-state index is 12.2. The van der Waals surface area contributed by atoms with Crippen LogP contribution >= 0.6 is 15.6 Å². The minimum Gasteiger partial charge on any atom is -0.394 e. The van der Waals surface area contributed by atoms with Crippen molar-refractivity contribution in [2.45, 2.75) is 161 Å². The second-order valence-corrected chi connectivity index (χ2v) is 18.9. The van der Waals surface area contributed by atoms with E-state index >= 15 is 0 Å². The van der Waals surface area contributed by atoms with E-state index in [-0.39, 0.29) is 13.2 Å². The van der Waals surface area contributed by atoms with Gasteiger partial charge in [-0.15, -0.1) is 0 Å². The van der Waals surface area contributed by atoms with Gasteiger partial charge in [0, 0.05) is 13.0 Å². The predicted octanol–water partition coefficient (Wildman–Crippen LogP) is -9.64. The molecule has 0 spiro atoms. The van der Waals surface area contributed by atoms with Crippen molar-refractivity contribution in [3.05, 3.63) is 0 Å². The Bertz CT molecular complexity index is 1600. The summed E-state index contributed by atoms with van der Waals surface area (Å²) in [6.07, 6.45) is -40.7. The average molecular weight is 1010 g/mol. The van der Waals surface area contributed by atoms with Crippen LogP contribution < -0.4 is 11.5 Å². The normalized spacial score (nSPS) is 47.0. The fourth-order valence-electron chi connectivity index (χ4n) is 7.50. The molecule has 5 aliphatic heterocycles. The summed E-state index contributed by atoms with van der Waals surface area (Å²) in [5, 5.41) is 137. The van der Waals surface area contributed by atoms with Crippen molar-refractivity contribution < 1.29 is 141 Å². The molecule has 5 rings (SSSR count). The molecule has 19 N–H and O–H groups in total. The topological polar surface area (TPSA) is 500 Å². The lowest BCUT2D eigenvalue weighted by molar-refractivity contribution is -0.367. The average Bonchev–Trinajstić information content (AvgIpc) is 3.59. The zero-order chi connectivity index (χ0) is 49.0. The van der Waals surface area contributed by atoms with Crippen molar-refractivity contribution in [1.82, 2.24) is 0 Å². The van der Waals surface area contributed by atoms with Crippen LogP contribution in [-0.4, -0.2) is 270 Å². The quantitative estimate of drug-likeness (QED) is 0.0475. The summed E-state index contributed by atoms with van der Waals surface area (Å²) in [5.41, 5.74) is 11.4. The van der Waals surface area contributed by atoms with Crippen LogP contribution in [0.3, 0.4) is 0 Å².